The van der Waals surface area contributed by atoms with Crippen molar-refractivity contribution in [3.05, 3.63) is 28.2 Å². The van der Waals surface area contributed by atoms with Gasteiger partial charge < -0.3 is 15.1 Å². The van der Waals surface area contributed by atoms with Crippen LogP contribution in [0.4, 0.5) is 5.69 Å². The van der Waals surface area contributed by atoms with E-state index in [1.807, 2.05) is 18.2 Å². The minimum atomic E-state index is -0.468. The Hall–Kier alpha value is -0.580. The van der Waals surface area contributed by atoms with Gasteiger partial charge in [-0.1, -0.05) is 22.0 Å². The molecule has 1 unspecified atom stereocenters. The highest BCUT2D eigenvalue weighted by atomic mass is 79.9. The molecule has 0 saturated carbocycles. The summed E-state index contributed by atoms with van der Waals surface area (Å²) in [5, 5.41) is 19.3. The molecular weight excluding hydrogens is 282 g/mol. The number of nitrogens with zero attached hydrogens (tertiary/aromatic N) is 1. The van der Waals surface area contributed by atoms with Crippen molar-refractivity contribution < 1.29 is 10.2 Å². The molecule has 1 aromatic carbocycles. The van der Waals surface area contributed by atoms with E-state index in [1.165, 1.54) is 0 Å². The van der Waals surface area contributed by atoms with Crippen molar-refractivity contribution in [2.45, 2.75) is 32.0 Å². The smallest absolute Gasteiger partial charge is 0.0782 e. The maximum Gasteiger partial charge on any atom is 0.0782 e. The molecule has 0 aromatic heterocycles. The van der Waals surface area contributed by atoms with E-state index in [4.69, 9.17) is 0 Å². The lowest BCUT2D eigenvalue weighted by Crippen LogP contribution is -2.36. The van der Waals surface area contributed by atoms with Crippen LogP contribution in [0.25, 0.3) is 0 Å². The van der Waals surface area contributed by atoms with Gasteiger partial charge in [-0.15, -0.1) is 0 Å². The first-order chi connectivity index (χ1) is 8.08. The van der Waals surface area contributed by atoms with E-state index < -0.39 is 6.10 Å². The van der Waals surface area contributed by atoms with Gasteiger partial charge in [0.1, 0.15) is 0 Å². The zero-order valence-electron chi connectivity index (χ0n) is 9.93. The number of aliphatic hydroxyl groups is 2. The summed E-state index contributed by atoms with van der Waals surface area (Å²) in [5.74, 6) is 0. The van der Waals surface area contributed by atoms with Crippen molar-refractivity contribution in [2.24, 2.45) is 0 Å². The van der Waals surface area contributed by atoms with Gasteiger partial charge in [0.25, 0.3) is 0 Å². The first-order valence-corrected chi connectivity index (χ1v) is 6.77. The van der Waals surface area contributed by atoms with Crippen LogP contribution in [-0.4, -0.2) is 29.4 Å². The minimum absolute atomic E-state index is 0.173. The molecule has 0 radical (unpaired) electrons. The summed E-state index contributed by atoms with van der Waals surface area (Å²) in [6.07, 6.45) is 0.954. The van der Waals surface area contributed by atoms with E-state index in [-0.39, 0.29) is 6.10 Å². The second-order valence-corrected chi connectivity index (χ2v) is 5.51. The molecule has 1 aliphatic rings. The van der Waals surface area contributed by atoms with Crippen LogP contribution in [0.5, 0.6) is 0 Å². The molecule has 4 heteroatoms. The molecule has 0 aliphatic carbocycles. The Kier molecular flexibility index (Phi) is 4.07. The van der Waals surface area contributed by atoms with E-state index in [9.17, 15) is 10.2 Å². The molecule has 0 spiro atoms. The normalized spacial score (nSPS) is 19.4. The third-order valence-corrected chi connectivity index (χ3v) is 3.74. The van der Waals surface area contributed by atoms with E-state index in [1.54, 1.807) is 6.92 Å². The molecule has 2 rings (SSSR count). The molecule has 1 atom stereocenters. The number of anilines is 1. The van der Waals surface area contributed by atoms with E-state index >= 15 is 0 Å². The van der Waals surface area contributed by atoms with E-state index in [0.717, 1.165) is 41.7 Å². The van der Waals surface area contributed by atoms with Gasteiger partial charge in [0.15, 0.2) is 0 Å². The summed E-state index contributed by atoms with van der Waals surface area (Å²) in [6.45, 7) is 3.47. The Morgan fingerprint density at radius 3 is 2.59 bits per heavy atom. The lowest BCUT2D eigenvalue weighted by molar-refractivity contribution is 0.145. The quantitative estimate of drug-likeness (QED) is 0.882. The number of hydrogen-bond donors (Lipinski definition) is 2. The van der Waals surface area contributed by atoms with Gasteiger partial charge in [-0.3, -0.25) is 0 Å². The number of halogens is 1. The van der Waals surface area contributed by atoms with Gasteiger partial charge >= 0.3 is 0 Å². The number of benzene rings is 1. The molecule has 1 aromatic rings. The predicted octanol–water partition coefficient (Wildman–Crippen LogP) is 2.46. The molecule has 94 valence electrons. The molecule has 0 amide bonds. The number of piperidine rings is 1. The Bertz CT molecular complexity index is 387. The molecule has 1 fully saturated rings. The Morgan fingerprint density at radius 2 is 2.00 bits per heavy atom. The van der Waals surface area contributed by atoms with Crippen LogP contribution in [0.2, 0.25) is 0 Å². The molecule has 2 N–H and O–H groups in total. The van der Waals surface area contributed by atoms with Crippen molar-refractivity contribution in [1.29, 1.82) is 0 Å². The second-order valence-electron chi connectivity index (χ2n) is 4.60. The Balaban J connectivity index is 2.26. The maximum absolute atomic E-state index is 9.79. The minimum Gasteiger partial charge on any atom is -0.393 e. The van der Waals surface area contributed by atoms with Crippen molar-refractivity contribution in [3.8, 4) is 0 Å². The van der Waals surface area contributed by atoms with Crippen LogP contribution in [0.15, 0.2) is 22.7 Å². The molecular formula is C13H18BrNO2. The van der Waals surface area contributed by atoms with Gasteiger partial charge in [-0.2, -0.15) is 0 Å². The van der Waals surface area contributed by atoms with E-state index in [0.29, 0.717) is 0 Å². The summed E-state index contributed by atoms with van der Waals surface area (Å²) in [6, 6.07) is 5.94. The molecule has 1 saturated heterocycles. The molecule has 17 heavy (non-hydrogen) atoms. The first kappa shape index (κ1) is 12.9. The van der Waals surface area contributed by atoms with Crippen molar-refractivity contribution >= 4 is 21.6 Å². The van der Waals surface area contributed by atoms with Crippen LogP contribution in [-0.2, 0) is 0 Å². The third-order valence-electron chi connectivity index (χ3n) is 3.25. The topological polar surface area (TPSA) is 43.7 Å². The average molecular weight is 300 g/mol. The van der Waals surface area contributed by atoms with Crippen molar-refractivity contribution in [1.82, 2.24) is 0 Å². The van der Waals surface area contributed by atoms with Crippen molar-refractivity contribution in [3.63, 3.8) is 0 Å². The number of rotatable bonds is 2. The predicted molar refractivity (Wildman–Crippen MR) is 72.2 cm³/mol. The highest BCUT2D eigenvalue weighted by Crippen LogP contribution is 2.31. The SMILES string of the molecule is CC(O)c1ccc(Br)cc1N1CCC(O)CC1. The first-order valence-electron chi connectivity index (χ1n) is 5.98. The lowest BCUT2D eigenvalue weighted by Gasteiger charge is -2.33. The number of hydrogen-bond acceptors (Lipinski definition) is 3. The standard InChI is InChI=1S/C13H18BrNO2/c1-9(16)12-3-2-10(14)8-13(12)15-6-4-11(17)5-7-15/h2-3,8-9,11,16-17H,4-7H2,1H3. The van der Waals surface area contributed by atoms with Crippen LogP contribution in [0.3, 0.4) is 0 Å². The van der Waals surface area contributed by atoms with Crippen LogP contribution in [0, 0.1) is 0 Å². The summed E-state index contributed by atoms with van der Waals surface area (Å²) < 4.78 is 1.02. The van der Waals surface area contributed by atoms with Gasteiger partial charge in [0.2, 0.25) is 0 Å². The molecule has 1 aliphatic heterocycles. The van der Waals surface area contributed by atoms with Gasteiger partial charge in [0, 0.05) is 28.8 Å². The third kappa shape index (κ3) is 3.00. The Morgan fingerprint density at radius 1 is 1.35 bits per heavy atom. The highest BCUT2D eigenvalue weighted by molar-refractivity contribution is 9.10. The average Bonchev–Trinajstić information content (AvgIpc) is 2.29. The Labute approximate surface area is 110 Å². The molecule has 3 nitrogen and oxygen atoms in total. The fourth-order valence-electron chi connectivity index (χ4n) is 2.25. The summed E-state index contributed by atoms with van der Waals surface area (Å²) >= 11 is 3.47. The largest absolute Gasteiger partial charge is 0.393 e. The van der Waals surface area contributed by atoms with Gasteiger partial charge in [-0.05, 0) is 31.9 Å². The summed E-state index contributed by atoms with van der Waals surface area (Å²) in [5.41, 5.74) is 2.02. The van der Waals surface area contributed by atoms with Gasteiger partial charge in [0.05, 0.1) is 12.2 Å². The fraction of sp³-hybridized carbons (Fsp3) is 0.538. The fourth-order valence-corrected chi connectivity index (χ4v) is 2.60. The zero-order chi connectivity index (χ0) is 12.4. The maximum atomic E-state index is 9.79. The van der Waals surface area contributed by atoms with Crippen LogP contribution in [0.1, 0.15) is 31.4 Å². The summed E-state index contributed by atoms with van der Waals surface area (Å²) in [7, 11) is 0. The van der Waals surface area contributed by atoms with Crippen molar-refractivity contribution in [2.75, 3.05) is 18.0 Å². The number of aliphatic hydroxyl groups excluding tert-OH is 2. The van der Waals surface area contributed by atoms with Crippen LogP contribution < -0.4 is 4.90 Å². The highest BCUT2D eigenvalue weighted by Gasteiger charge is 2.20. The molecule has 0 bridgehead atoms. The molecule has 1 heterocycles. The summed E-state index contributed by atoms with van der Waals surface area (Å²) in [4.78, 5) is 2.24. The lowest BCUT2D eigenvalue weighted by atomic mass is 10.0. The van der Waals surface area contributed by atoms with E-state index in [2.05, 4.69) is 20.8 Å². The van der Waals surface area contributed by atoms with Crippen LogP contribution >= 0.6 is 15.9 Å². The van der Waals surface area contributed by atoms with Gasteiger partial charge in [-0.25, -0.2) is 0 Å². The monoisotopic (exact) mass is 299 g/mol. The zero-order valence-corrected chi connectivity index (χ0v) is 11.5. The second kappa shape index (κ2) is 5.38.